The van der Waals surface area contributed by atoms with Crippen LogP contribution in [0.25, 0.3) is 0 Å². The molecule has 1 aliphatic carbocycles. The van der Waals surface area contributed by atoms with Crippen LogP contribution in [0.15, 0.2) is 29.2 Å². The average molecular weight is 387 g/mol. The molecule has 144 valence electrons. The van der Waals surface area contributed by atoms with Crippen LogP contribution in [0.5, 0.6) is 0 Å². The van der Waals surface area contributed by atoms with Crippen molar-refractivity contribution in [3.8, 4) is 0 Å². The molecule has 26 heavy (non-hydrogen) atoms. The van der Waals surface area contributed by atoms with Crippen molar-refractivity contribution in [3.05, 3.63) is 24.3 Å². The van der Waals surface area contributed by atoms with Gasteiger partial charge in [-0.15, -0.1) is 0 Å². The van der Waals surface area contributed by atoms with Crippen LogP contribution in [0.3, 0.4) is 0 Å². The van der Waals surface area contributed by atoms with Gasteiger partial charge in [-0.2, -0.15) is 4.31 Å². The number of rotatable bonds is 5. The van der Waals surface area contributed by atoms with Crippen LogP contribution < -0.4 is 11.1 Å². The first kappa shape index (κ1) is 19.2. The molecule has 3 rings (SSSR count). The van der Waals surface area contributed by atoms with Crippen LogP contribution in [0.2, 0.25) is 0 Å². The maximum absolute atomic E-state index is 12.9. The zero-order valence-electron chi connectivity index (χ0n) is 14.3. The molecule has 6 nitrogen and oxygen atoms in total. The Labute approximate surface area is 151 Å². The summed E-state index contributed by atoms with van der Waals surface area (Å²) < 4.78 is 51.0. The molecule has 1 saturated heterocycles. The molecule has 1 amide bonds. The number of hydrogen-bond donors (Lipinski definition) is 2. The molecule has 0 bridgehead atoms. The number of anilines is 1. The van der Waals surface area contributed by atoms with Crippen LogP contribution in [-0.2, 0) is 14.8 Å². The molecule has 1 atom stereocenters. The zero-order valence-corrected chi connectivity index (χ0v) is 15.1. The fraction of sp³-hybridized carbons (Fsp3) is 0.588. The van der Waals surface area contributed by atoms with Gasteiger partial charge < -0.3 is 11.1 Å². The quantitative estimate of drug-likeness (QED) is 0.810. The largest absolute Gasteiger partial charge is 0.325 e. The molecule has 1 aromatic carbocycles. The van der Waals surface area contributed by atoms with Gasteiger partial charge in [0, 0.05) is 5.69 Å². The maximum Gasteiger partial charge on any atom is 0.275 e. The van der Waals surface area contributed by atoms with Crippen LogP contribution in [-0.4, -0.2) is 43.7 Å². The molecule has 0 aromatic heterocycles. The summed E-state index contributed by atoms with van der Waals surface area (Å²) in [7, 11) is -3.94. The van der Waals surface area contributed by atoms with Crippen LogP contribution >= 0.6 is 0 Å². The number of carbonyl (C=O) groups excluding carboxylic acids is 1. The van der Waals surface area contributed by atoms with Crippen molar-refractivity contribution in [2.24, 2.45) is 11.7 Å². The lowest BCUT2D eigenvalue weighted by Crippen LogP contribution is -2.58. The van der Waals surface area contributed by atoms with Crippen LogP contribution in [0, 0.1) is 5.92 Å². The molecule has 1 aromatic rings. The Kier molecular flexibility index (Phi) is 5.32. The van der Waals surface area contributed by atoms with E-state index in [0.717, 1.165) is 30.0 Å². The van der Waals surface area contributed by atoms with Gasteiger partial charge in [0.05, 0.1) is 24.0 Å². The number of nitrogens with two attached hydrogens (primary N) is 1. The number of amides is 1. The van der Waals surface area contributed by atoms with Crippen molar-refractivity contribution in [1.29, 1.82) is 0 Å². The number of sulfonamides is 1. The van der Waals surface area contributed by atoms with Crippen LogP contribution in [0.4, 0.5) is 14.5 Å². The van der Waals surface area contributed by atoms with Crippen molar-refractivity contribution in [1.82, 2.24) is 4.31 Å². The number of alkyl halides is 2. The summed E-state index contributed by atoms with van der Waals surface area (Å²) in [5, 5.41) is 2.70. The lowest BCUT2D eigenvalue weighted by molar-refractivity contribution is -0.118. The molecule has 0 radical (unpaired) electrons. The predicted octanol–water partition coefficient (Wildman–Crippen LogP) is 2.17. The number of halogens is 2. The second-order valence-corrected chi connectivity index (χ2v) is 9.00. The molecular formula is C17H23F2N3O3S. The van der Waals surface area contributed by atoms with Gasteiger partial charge in [0.15, 0.2) is 0 Å². The standard InChI is InChI=1S/C17H23F2N3O3S/c18-17(19)10-22(11-17)26(24,25)14-8-6-13(7-9-14)21-16(23)15(20)12-4-2-1-3-5-12/h6-9,12,15H,1-5,10-11,20H2,(H,21,23)/t15-/m0/s1. The Morgan fingerprint density at radius 3 is 2.27 bits per heavy atom. The van der Waals surface area contributed by atoms with Crippen molar-refractivity contribution < 1.29 is 22.0 Å². The molecule has 2 fully saturated rings. The third-order valence-corrected chi connectivity index (χ3v) is 6.84. The number of nitrogens with one attached hydrogen (secondary N) is 1. The summed E-state index contributed by atoms with van der Waals surface area (Å²) in [5.74, 6) is -3.10. The van der Waals surface area contributed by atoms with E-state index >= 15 is 0 Å². The van der Waals surface area contributed by atoms with Gasteiger partial charge >= 0.3 is 0 Å². The molecule has 0 unspecified atom stereocenters. The molecule has 0 spiro atoms. The summed E-state index contributed by atoms with van der Waals surface area (Å²) in [6.07, 6.45) is 5.20. The third-order valence-electron chi connectivity index (χ3n) is 5.04. The van der Waals surface area contributed by atoms with E-state index in [4.69, 9.17) is 5.73 Å². The number of carbonyl (C=O) groups is 1. The topological polar surface area (TPSA) is 92.5 Å². The monoisotopic (exact) mass is 387 g/mol. The first-order valence-corrected chi connectivity index (χ1v) is 10.2. The van der Waals surface area contributed by atoms with Gasteiger partial charge in [-0.3, -0.25) is 4.79 Å². The number of benzene rings is 1. The highest BCUT2D eigenvalue weighted by Crippen LogP contribution is 2.32. The second kappa shape index (κ2) is 7.21. The normalized spacial score (nSPS) is 22.4. The molecule has 2 aliphatic rings. The second-order valence-electron chi connectivity index (χ2n) is 7.07. The highest BCUT2D eigenvalue weighted by Gasteiger charge is 2.49. The van der Waals surface area contributed by atoms with Crippen molar-refractivity contribution in [3.63, 3.8) is 0 Å². The molecule has 3 N–H and O–H groups in total. The molecule has 1 heterocycles. The molecule has 1 aliphatic heterocycles. The third kappa shape index (κ3) is 4.05. The van der Waals surface area contributed by atoms with E-state index in [1.54, 1.807) is 0 Å². The average Bonchev–Trinajstić information content (AvgIpc) is 2.60. The lowest BCUT2D eigenvalue weighted by atomic mass is 9.84. The number of hydrogen-bond acceptors (Lipinski definition) is 4. The van der Waals surface area contributed by atoms with Crippen molar-refractivity contribution >= 4 is 21.6 Å². The lowest BCUT2D eigenvalue weighted by Gasteiger charge is -2.37. The Morgan fingerprint density at radius 2 is 1.73 bits per heavy atom. The van der Waals surface area contributed by atoms with Crippen molar-refractivity contribution in [2.75, 3.05) is 18.4 Å². The fourth-order valence-electron chi connectivity index (χ4n) is 3.43. The fourth-order valence-corrected chi connectivity index (χ4v) is 4.93. The Morgan fingerprint density at radius 1 is 1.15 bits per heavy atom. The minimum Gasteiger partial charge on any atom is -0.325 e. The van der Waals surface area contributed by atoms with E-state index < -0.39 is 35.1 Å². The predicted molar refractivity (Wildman–Crippen MR) is 93.3 cm³/mol. The van der Waals surface area contributed by atoms with Gasteiger partial charge in [0.2, 0.25) is 15.9 Å². The summed E-state index contributed by atoms with van der Waals surface area (Å²) in [6.45, 7) is -1.60. The van der Waals surface area contributed by atoms with E-state index in [1.165, 1.54) is 30.7 Å². The minimum absolute atomic E-state index is 0.0809. The molecular weight excluding hydrogens is 364 g/mol. The Balaban J connectivity index is 1.61. The Hall–Kier alpha value is -1.58. The van der Waals surface area contributed by atoms with Gasteiger partial charge in [0.25, 0.3) is 5.92 Å². The maximum atomic E-state index is 12.9. The highest BCUT2D eigenvalue weighted by molar-refractivity contribution is 7.89. The molecule has 1 saturated carbocycles. The van der Waals surface area contributed by atoms with Gasteiger partial charge in [-0.1, -0.05) is 19.3 Å². The summed E-state index contributed by atoms with van der Waals surface area (Å²) >= 11 is 0. The number of nitrogens with zero attached hydrogens (tertiary/aromatic N) is 1. The zero-order chi connectivity index (χ0) is 18.9. The summed E-state index contributed by atoms with van der Waals surface area (Å²) in [4.78, 5) is 12.2. The Bertz CT molecular complexity index is 754. The van der Waals surface area contributed by atoms with Gasteiger partial charge in [-0.05, 0) is 43.0 Å². The van der Waals surface area contributed by atoms with E-state index in [1.807, 2.05) is 0 Å². The summed E-state index contributed by atoms with van der Waals surface area (Å²) in [5.41, 5.74) is 6.47. The van der Waals surface area contributed by atoms with Gasteiger partial charge in [-0.25, -0.2) is 17.2 Å². The smallest absolute Gasteiger partial charge is 0.275 e. The first-order valence-electron chi connectivity index (χ1n) is 8.73. The van der Waals surface area contributed by atoms with Crippen LogP contribution in [0.1, 0.15) is 32.1 Å². The SMILES string of the molecule is N[C@H](C(=O)Nc1ccc(S(=O)(=O)N2CC(F)(F)C2)cc1)C1CCCCC1. The van der Waals surface area contributed by atoms with E-state index in [0.29, 0.717) is 5.69 Å². The van der Waals surface area contributed by atoms with E-state index in [2.05, 4.69) is 5.32 Å². The van der Waals surface area contributed by atoms with E-state index in [-0.39, 0.29) is 16.7 Å². The molecule has 9 heteroatoms. The van der Waals surface area contributed by atoms with Crippen molar-refractivity contribution in [2.45, 2.75) is 49.0 Å². The highest BCUT2D eigenvalue weighted by atomic mass is 32.2. The van der Waals surface area contributed by atoms with E-state index in [9.17, 15) is 22.0 Å². The van der Waals surface area contributed by atoms with Gasteiger partial charge in [0.1, 0.15) is 0 Å². The minimum atomic E-state index is -3.94. The summed E-state index contributed by atoms with van der Waals surface area (Å²) in [6, 6.07) is 4.88. The first-order chi connectivity index (χ1) is 12.2.